The molecule has 18 heavy (non-hydrogen) atoms. The molecule has 0 atom stereocenters. The third-order valence-electron chi connectivity index (χ3n) is 3.00. The zero-order valence-corrected chi connectivity index (χ0v) is 10.8. The second-order valence-electron chi connectivity index (χ2n) is 4.23. The molecule has 0 N–H and O–H groups in total. The second kappa shape index (κ2) is 4.38. The third kappa shape index (κ3) is 1.84. The summed E-state index contributed by atoms with van der Waals surface area (Å²) >= 11 is 1.51. The van der Waals surface area contributed by atoms with Crippen LogP contribution in [0.1, 0.15) is 11.1 Å². The van der Waals surface area contributed by atoms with Crippen LogP contribution in [0.5, 0.6) is 0 Å². The summed E-state index contributed by atoms with van der Waals surface area (Å²) in [6.07, 6.45) is 3.59. The van der Waals surface area contributed by atoms with Crippen LogP contribution in [0.15, 0.2) is 47.5 Å². The average molecular weight is 256 g/mol. The highest BCUT2D eigenvalue weighted by atomic mass is 32.1. The Morgan fingerprint density at radius 2 is 2.11 bits per heavy atom. The van der Waals surface area contributed by atoms with Gasteiger partial charge < -0.3 is 0 Å². The molecular formula is C14H12N2OS. The Hall–Kier alpha value is -1.94. The van der Waals surface area contributed by atoms with E-state index in [1.54, 1.807) is 10.2 Å². The molecule has 4 heteroatoms. The Labute approximate surface area is 108 Å². The van der Waals surface area contributed by atoms with E-state index in [1.165, 1.54) is 11.5 Å². The number of hydrogen-bond acceptors (Lipinski definition) is 3. The summed E-state index contributed by atoms with van der Waals surface area (Å²) < 4.78 is 2.83. The summed E-state index contributed by atoms with van der Waals surface area (Å²) in [6, 6.07) is 9.69. The second-order valence-corrected chi connectivity index (χ2v) is 5.29. The van der Waals surface area contributed by atoms with E-state index in [2.05, 4.69) is 4.98 Å². The van der Waals surface area contributed by atoms with Crippen LogP contribution in [0.4, 0.5) is 0 Å². The van der Waals surface area contributed by atoms with Gasteiger partial charge in [-0.2, -0.15) is 0 Å². The molecule has 0 aliphatic heterocycles. The van der Waals surface area contributed by atoms with Crippen LogP contribution in [0, 0.1) is 6.92 Å². The normalized spacial score (nSPS) is 10.9. The highest BCUT2D eigenvalue weighted by Gasteiger charge is 2.08. The summed E-state index contributed by atoms with van der Waals surface area (Å²) in [6.45, 7) is 2.63. The van der Waals surface area contributed by atoms with Gasteiger partial charge in [-0.25, -0.2) is 0 Å². The molecule has 3 rings (SSSR count). The first-order valence-corrected chi connectivity index (χ1v) is 6.51. The van der Waals surface area contributed by atoms with Gasteiger partial charge in [-0.3, -0.25) is 13.7 Å². The lowest BCUT2D eigenvalue weighted by atomic mass is 10.1. The third-order valence-corrected chi connectivity index (χ3v) is 4.07. The maximum atomic E-state index is 12.2. The first-order chi connectivity index (χ1) is 8.75. The Bertz CT molecular complexity index is 758. The van der Waals surface area contributed by atoms with Crippen LogP contribution in [0.3, 0.4) is 0 Å². The minimum absolute atomic E-state index is 0.0896. The SMILES string of the molecule is Cc1cnccc1Cn1sc2ccccc2c1=O. The number of nitrogens with zero attached hydrogens (tertiary/aromatic N) is 2. The average Bonchev–Trinajstić information content (AvgIpc) is 2.70. The van der Waals surface area contributed by atoms with Crippen LogP contribution >= 0.6 is 11.5 Å². The molecule has 0 unspecified atom stereocenters. The molecule has 0 saturated heterocycles. The molecule has 0 amide bonds. The fourth-order valence-electron chi connectivity index (χ4n) is 1.96. The first-order valence-electron chi connectivity index (χ1n) is 5.74. The molecular weight excluding hydrogens is 244 g/mol. The van der Waals surface area contributed by atoms with Crippen LogP contribution in [0.25, 0.3) is 10.1 Å². The fraction of sp³-hybridized carbons (Fsp3) is 0.143. The number of aryl methyl sites for hydroxylation is 1. The predicted molar refractivity (Wildman–Crippen MR) is 74.2 cm³/mol. The molecule has 0 fully saturated rings. The van der Waals surface area contributed by atoms with Crippen LogP contribution in [-0.2, 0) is 6.54 Å². The Kier molecular flexibility index (Phi) is 2.72. The van der Waals surface area contributed by atoms with E-state index in [4.69, 9.17) is 0 Å². The van der Waals surface area contributed by atoms with Gasteiger partial charge in [0.05, 0.1) is 16.6 Å². The van der Waals surface area contributed by atoms with Crippen molar-refractivity contribution < 1.29 is 0 Å². The smallest absolute Gasteiger partial charge is 0.268 e. The maximum Gasteiger partial charge on any atom is 0.268 e. The van der Waals surface area contributed by atoms with Crippen molar-refractivity contribution in [2.24, 2.45) is 0 Å². The van der Waals surface area contributed by atoms with Gasteiger partial charge in [-0.1, -0.05) is 23.7 Å². The van der Waals surface area contributed by atoms with Crippen molar-refractivity contribution in [2.75, 3.05) is 0 Å². The van der Waals surface area contributed by atoms with E-state index < -0.39 is 0 Å². The quantitative estimate of drug-likeness (QED) is 0.706. The number of fused-ring (bicyclic) bond motifs is 1. The van der Waals surface area contributed by atoms with E-state index in [1.807, 2.05) is 43.5 Å². The number of aromatic nitrogens is 2. The van der Waals surface area contributed by atoms with Crippen molar-refractivity contribution in [2.45, 2.75) is 13.5 Å². The highest BCUT2D eigenvalue weighted by molar-refractivity contribution is 7.13. The van der Waals surface area contributed by atoms with Crippen LogP contribution < -0.4 is 5.56 Å². The minimum Gasteiger partial charge on any atom is -0.268 e. The summed E-state index contributed by atoms with van der Waals surface area (Å²) in [5.74, 6) is 0. The number of pyridine rings is 1. The number of hydrogen-bond donors (Lipinski definition) is 0. The largest absolute Gasteiger partial charge is 0.268 e. The van der Waals surface area contributed by atoms with Crippen molar-refractivity contribution >= 4 is 21.6 Å². The lowest BCUT2D eigenvalue weighted by Gasteiger charge is -2.03. The predicted octanol–water partition coefficient (Wildman–Crippen LogP) is 2.81. The molecule has 0 aliphatic carbocycles. The van der Waals surface area contributed by atoms with Crippen molar-refractivity contribution in [3.05, 3.63) is 64.2 Å². The monoisotopic (exact) mass is 256 g/mol. The van der Waals surface area contributed by atoms with E-state index in [0.29, 0.717) is 6.54 Å². The zero-order valence-electron chi connectivity index (χ0n) is 9.96. The lowest BCUT2D eigenvalue weighted by Crippen LogP contribution is -2.14. The first kappa shape index (κ1) is 11.2. The molecule has 0 bridgehead atoms. The Morgan fingerprint density at radius 1 is 1.28 bits per heavy atom. The summed E-state index contributed by atoms with van der Waals surface area (Å²) in [5, 5.41) is 0.800. The van der Waals surface area contributed by atoms with Gasteiger partial charge in [0.1, 0.15) is 0 Å². The van der Waals surface area contributed by atoms with Gasteiger partial charge in [-0.05, 0) is 36.2 Å². The van der Waals surface area contributed by atoms with Gasteiger partial charge in [0.25, 0.3) is 5.56 Å². The van der Waals surface area contributed by atoms with Crippen LogP contribution in [-0.4, -0.2) is 8.94 Å². The molecule has 0 spiro atoms. The summed E-state index contributed by atoms with van der Waals surface area (Å²) in [5.41, 5.74) is 2.34. The van der Waals surface area contributed by atoms with Gasteiger partial charge in [-0.15, -0.1) is 0 Å². The van der Waals surface area contributed by atoms with Crippen molar-refractivity contribution in [1.29, 1.82) is 0 Å². The summed E-state index contributed by atoms with van der Waals surface area (Å²) in [7, 11) is 0. The molecule has 0 saturated carbocycles. The van der Waals surface area contributed by atoms with Crippen molar-refractivity contribution in [1.82, 2.24) is 8.94 Å². The van der Waals surface area contributed by atoms with Gasteiger partial charge in [0.15, 0.2) is 0 Å². The molecule has 0 aliphatic rings. The van der Waals surface area contributed by atoms with Crippen LogP contribution in [0.2, 0.25) is 0 Å². The van der Waals surface area contributed by atoms with Crippen molar-refractivity contribution in [3.8, 4) is 0 Å². The van der Waals surface area contributed by atoms with E-state index in [9.17, 15) is 4.79 Å². The summed E-state index contributed by atoms with van der Waals surface area (Å²) in [4.78, 5) is 16.3. The molecule has 3 aromatic rings. The van der Waals surface area contributed by atoms with E-state index in [0.717, 1.165) is 21.2 Å². The number of benzene rings is 1. The number of rotatable bonds is 2. The fourth-order valence-corrected chi connectivity index (χ4v) is 2.97. The molecule has 2 heterocycles. The lowest BCUT2D eigenvalue weighted by molar-refractivity contribution is 0.844. The molecule has 3 nitrogen and oxygen atoms in total. The van der Waals surface area contributed by atoms with Crippen molar-refractivity contribution in [3.63, 3.8) is 0 Å². The van der Waals surface area contributed by atoms with Gasteiger partial charge in [0, 0.05) is 12.4 Å². The molecule has 90 valence electrons. The standard InChI is InChI=1S/C14H12N2OS/c1-10-8-15-7-6-11(10)9-16-14(17)12-4-2-3-5-13(12)18-16/h2-8H,9H2,1H3. The highest BCUT2D eigenvalue weighted by Crippen LogP contribution is 2.17. The van der Waals surface area contributed by atoms with E-state index >= 15 is 0 Å². The van der Waals surface area contributed by atoms with E-state index in [-0.39, 0.29) is 5.56 Å². The zero-order chi connectivity index (χ0) is 12.5. The maximum absolute atomic E-state index is 12.2. The topological polar surface area (TPSA) is 34.9 Å². The minimum atomic E-state index is 0.0896. The molecule has 0 radical (unpaired) electrons. The molecule has 2 aromatic heterocycles. The van der Waals surface area contributed by atoms with Gasteiger partial charge >= 0.3 is 0 Å². The Balaban J connectivity index is 2.09. The van der Waals surface area contributed by atoms with Gasteiger partial charge in [0.2, 0.25) is 0 Å². The molecule has 1 aromatic carbocycles. The Morgan fingerprint density at radius 3 is 2.89 bits per heavy atom.